The van der Waals surface area contributed by atoms with Crippen LogP contribution < -0.4 is 0 Å². The lowest BCUT2D eigenvalue weighted by molar-refractivity contribution is 1.20. The third-order valence-electron chi connectivity index (χ3n) is 3.17. The fraction of sp³-hybridized carbons (Fsp3) is 0. The molecule has 0 aromatic carbocycles. The van der Waals surface area contributed by atoms with Gasteiger partial charge in [-0.25, -0.2) is 9.97 Å². The molecule has 0 saturated heterocycles. The van der Waals surface area contributed by atoms with Gasteiger partial charge in [-0.3, -0.25) is 0 Å². The van der Waals surface area contributed by atoms with E-state index in [9.17, 15) is 0 Å². The summed E-state index contributed by atoms with van der Waals surface area (Å²) in [5, 5.41) is 0. The van der Waals surface area contributed by atoms with Gasteiger partial charge in [-0.2, -0.15) is 0 Å². The van der Waals surface area contributed by atoms with Crippen LogP contribution in [0.2, 0.25) is 0 Å². The van der Waals surface area contributed by atoms with Gasteiger partial charge in [0.25, 0.3) is 0 Å². The van der Waals surface area contributed by atoms with Crippen LogP contribution in [0.1, 0.15) is 0 Å². The van der Waals surface area contributed by atoms with Crippen molar-refractivity contribution in [2.24, 2.45) is 0 Å². The summed E-state index contributed by atoms with van der Waals surface area (Å²) in [6.45, 7) is 0. The third-order valence-corrected chi connectivity index (χ3v) is 8.08. The average Bonchev–Trinajstić information content (AvgIpc) is 3.28. The summed E-state index contributed by atoms with van der Waals surface area (Å²) in [6.07, 6.45) is 0. The van der Waals surface area contributed by atoms with Crippen LogP contribution in [0.5, 0.6) is 0 Å². The zero-order valence-corrected chi connectivity index (χ0v) is 19.0. The monoisotopic (exact) mass is 560 g/mol. The van der Waals surface area contributed by atoms with E-state index in [-0.39, 0.29) is 0 Å². The molecule has 4 heterocycles. The van der Waals surface area contributed by atoms with E-state index in [1.54, 1.807) is 34.0 Å². The van der Waals surface area contributed by atoms with E-state index >= 15 is 0 Å². The van der Waals surface area contributed by atoms with E-state index in [1.165, 1.54) is 0 Å². The Morgan fingerprint density at radius 3 is 1.38 bits per heavy atom. The van der Waals surface area contributed by atoms with Gasteiger partial charge < -0.3 is 0 Å². The molecule has 0 atom stereocenters. The minimum atomic E-state index is 0.757. The Morgan fingerprint density at radius 2 is 1.00 bits per heavy atom. The van der Waals surface area contributed by atoms with E-state index in [0.717, 1.165) is 43.2 Å². The first kappa shape index (κ1) is 17.1. The van der Waals surface area contributed by atoms with Gasteiger partial charge in [0.1, 0.15) is 0 Å². The van der Waals surface area contributed by atoms with Crippen LogP contribution in [0.15, 0.2) is 53.8 Å². The van der Waals surface area contributed by atoms with Gasteiger partial charge in [0, 0.05) is 0 Å². The highest BCUT2D eigenvalue weighted by Gasteiger charge is 2.14. The van der Waals surface area contributed by atoms with Crippen LogP contribution in [-0.2, 0) is 0 Å². The summed E-state index contributed by atoms with van der Waals surface area (Å²) in [5.41, 5.74) is 1.89. The number of halogens is 3. The number of hydrogen-bond acceptors (Lipinski definition) is 5. The minimum Gasteiger partial charge on any atom is -0.226 e. The molecular formula is C16H7Br3N2S3. The molecule has 0 fully saturated rings. The largest absolute Gasteiger partial charge is 0.226 e. The molecule has 8 heteroatoms. The van der Waals surface area contributed by atoms with Gasteiger partial charge in [-0.1, -0.05) is 0 Å². The van der Waals surface area contributed by atoms with Crippen LogP contribution in [0.3, 0.4) is 0 Å². The summed E-state index contributed by atoms with van der Waals surface area (Å²) in [4.78, 5) is 12.9. The molecule has 0 unspecified atom stereocenters. The third kappa shape index (κ3) is 3.59. The molecule has 2 nitrogen and oxygen atoms in total. The summed E-state index contributed by atoms with van der Waals surface area (Å²) >= 11 is 15.6. The summed E-state index contributed by atoms with van der Waals surface area (Å²) in [7, 11) is 0. The van der Waals surface area contributed by atoms with Crippen molar-refractivity contribution in [3.63, 3.8) is 0 Å². The summed E-state index contributed by atoms with van der Waals surface area (Å²) < 4.78 is 3.26. The zero-order valence-electron chi connectivity index (χ0n) is 11.8. The van der Waals surface area contributed by atoms with Crippen molar-refractivity contribution in [1.82, 2.24) is 9.97 Å². The summed E-state index contributed by atoms with van der Waals surface area (Å²) in [5.74, 6) is 0.757. The maximum Gasteiger partial charge on any atom is 0.170 e. The molecule has 0 radical (unpaired) electrons. The second-order valence-corrected chi connectivity index (χ2v) is 12.2. The van der Waals surface area contributed by atoms with Crippen molar-refractivity contribution in [2.45, 2.75) is 0 Å². The van der Waals surface area contributed by atoms with E-state index in [4.69, 9.17) is 9.97 Å². The first-order valence-corrected chi connectivity index (χ1v) is 11.6. The molecule has 24 heavy (non-hydrogen) atoms. The number of rotatable bonds is 3. The predicted octanol–water partition coefficient (Wildman–Crippen LogP) is 7.95. The van der Waals surface area contributed by atoms with Gasteiger partial charge in [0.15, 0.2) is 5.82 Å². The molecule has 4 aromatic rings. The molecule has 0 saturated carbocycles. The molecule has 4 aromatic heterocycles. The van der Waals surface area contributed by atoms with Crippen LogP contribution in [0.4, 0.5) is 0 Å². The number of nitrogens with zero attached hydrogens (tertiary/aromatic N) is 2. The Hall–Kier alpha value is -0.380. The second kappa shape index (κ2) is 7.09. The Labute approximate surface area is 176 Å². The fourth-order valence-corrected chi connectivity index (χ4v) is 6.16. The Balaban J connectivity index is 1.90. The molecule has 0 amide bonds. The summed E-state index contributed by atoms with van der Waals surface area (Å²) in [6, 6.07) is 14.4. The van der Waals surface area contributed by atoms with Crippen LogP contribution in [0.25, 0.3) is 31.8 Å². The maximum absolute atomic E-state index is 4.79. The van der Waals surface area contributed by atoms with Crippen LogP contribution in [-0.4, -0.2) is 9.97 Å². The normalized spacial score (nSPS) is 11.1. The number of hydrogen-bond donors (Lipinski definition) is 0. The second-order valence-electron chi connectivity index (χ2n) is 4.77. The van der Waals surface area contributed by atoms with E-state index in [0.29, 0.717) is 0 Å². The zero-order chi connectivity index (χ0) is 16.7. The Kier molecular flexibility index (Phi) is 5.04. The predicted molar refractivity (Wildman–Crippen MR) is 115 cm³/mol. The lowest BCUT2D eigenvalue weighted by Crippen LogP contribution is -1.92. The molecule has 120 valence electrons. The highest BCUT2D eigenvalue weighted by molar-refractivity contribution is 9.11. The van der Waals surface area contributed by atoms with Gasteiger partial charge in [0.05, 0.1) is 37.4 Å². The Morgan fingerprint density at radius 1 is 0.583 bits per heavy atom. The highest BCUT2D eigenvalue weighted by atomic mass is 79.9. The van der Waals surface area contributed by atoms with Crippen molar-refractivity contribution in [3.8, 4) is 31.8 Å². The lowest BCUT2D eigenvalue weighted by Gasteiger charge is -2.05. The molecule has 0 aliphatic heterocycles. The standard InChI is InChI=1S/C16H7Br3N2S3/c17-13-4-1-10(22-13)8-7-9(11-2-5-14(18)23-11)21-16(20-8)12-3-6-15(19)24-12/h1-7H. The SMILES string of the molecule is Brc1ccc(-c2cc(-c3ccc(Br)s3)nc(-c3ccc(Br)s3)n2)s1. The van der Waals surface area contributed by atoms with E-state index < -0.39 is 0 Å². The van der Waals surface area contributed by atoms with Gasteiger partial charge >= 0.3 is 0 Å². The lowest BCUT2D eigenvalue weighted by atomic mass is 10.2. The van der Waals surface area contributed by atoms with Gasteiger partial charge in [-0.05, 0) is 90.3 Å². The van der Waals surface area contributed by atoms with Crippen molar-refractivity contribution in [3.05, 3.63) is 53.8 Å². The number of aromatic nitrogens is 2. The molecule has 0 aliphatic carbocycles. The molecule has 4 rings (SSSR count). The van der Waals surface area contributed by atoms with Crippen LogP contribution >= 0.6 is 81.8 Å². The van der Waals surface area contributed by atoms with Crippen molar-refractivity contribution in [1.29, 1.82) is 0 Å². The number of thiophene rings is 3. The topological polar surface area (TPSA) is 25.8 Å². The van der Waals surface area contributed by atoms with Gasteiger partial charge in [0.2, 0.25) is 0 Å². The van der Waals surface area contributed by atoms with E-state index in [2.05, 4.69) is 66.0 Å². The first-order valence-electron chi connectivity index (χ1n) is 6.75. The molecular weight excluding hydrogens is 556 g/mol. The van der Waals surface area contributed by atoms with Crippen molar-refractivity contribution < 1.29 is 0 Å². The minimum absolute atomic E-state index is 0.757. The van der Waals surface area contributed by atoms with E-state index in [1.807, 2.05) is 24.3 Å². The smallest absolute Gasteiger partial charge is 0.170 e. The quantitative estimate of drug-likeness (QED) is 0.253. The van der Waals surface area contributed by atoms with Crippen LogP contribution in [0, 0.1) is 0 Å². The molecule has 0 aliphatic rings. The van der Waals surface area contributed by atoms with Crippen molar-refractivity contribution in [2.75, 3.05) is 0 Å². The first-order chi connectivity index (χ1) is 11.6. The van der Waals surface area contributed by atoms with Crippen molar-refractivity contribution >= 4 is 81.8 Å². The molecule has 0 spiro atoms. The van der Waals surface area contributed by atoms with Gasteiger partial charge in [-0.15, -0.1) is 34.0 Å². The fourth-order valence-electron chi connectivity index (χ4n) is 2.15. The highest BCUT2D eigenvalue weighted by Crippen LogP contribution is 2.37. The molecule has 0 bridgehead atoms. The maximum atomic E-state index is 4.79. The molecule has 0 N–H and O–H groups in total. The Bertz CT molecular complexity index is 878. The average molecular weight is 563 g/mol.